The molecule has 1 N–H and O–H groups in total. The number of halogens is 4. The van der Waals surface area contributed by atoms with E-state index in [1.54, 1.807) is 0 Å². The lowest BCUT2D eigenvalue weighted by atomic mass is 10.1. The van der Waals surface area contributed by atoms with Crippen molar-refractivity contribution in [2.45, 2.75) is 12.1 Å². The van der Waals surface area contributed by atoms with Crippen LogP contribution < -0.4 is 5.56 Å². The molecule has 0 aliphatic carbocycles. The zero-order valence-corrected chi connectivity index (χ0v) is 12.1. The van der Waals surface area contributed by atoms with Gasteiger partial charge in [0.15, 0.2) is 5.52 Å². The van der Waals surface area contributed by atoms with Crippen molar-refractivity contribution in [2.24, 2.45) is 0 Å². The predicted octanol–water partition coefficient (Wildman–Crippen LogP) is 3.14. The average Bonchev–Trinajstić information content (AvgIpc) is 2.53. The van der Waals surface area contributed by atoms with Crippen LogP contribution in [0, 0.1) is 0 Å². The molecule has 0 spiro atoms. The van der Waals surface area contributed by atoms with Gasteiger partial charge in [-0.1, -0.05) is 0 Å². The van der Waals surface area contributed by atoms with E-state index in [0.29, 0.717) is 0 Å². The zero-order chi connectivity index (χ0) is 16.6. The number of aromatic nitrogens is 4. The summed E-state index contributed by atoms with van der Waals surface area (Å²) in [6.45, 7) is 0. The molecule has 23 heavy (non-hydrogen) atoms. The molecular formula is C14H8ClF3N4O. The largest absolute Gasteiger partial charge is 0.418 e. The van der Waals surface area contributed by atoms with E-state index >= 15 is 0 Å². The first kappa shape index (κ1) is 15.4. The van der Waals surface area contributed by atoms with E-state index in [4.69, 9.17) is 11.6 Å². The van der Waals surface area contributed by atoms with Crippen LogP contribution in [0.5, 0.6) is 0 Å². The van der Waals surface area contributed by atoms with E-state index < -0.39 is 17.3 Å². The lowest BCUT2D eigenvalue weighted by Crippen LogP contribution is -2.13. The summed E-state index contributed by atoms with van der Waals surface area (Å²) in [4.78, 5) is 26.0. The maximum atomic E-state index is 13.1. The lowest BCUT2D eigenvalue weighted by molar-refractivity contribution is -0.137. The second-order valence-corrected chi connectivity index (χ2v) is 4.90. The summed E-state index contributed by atoms with van der Waals surface area (Å²) < 4.78 is 39.2. The van der Waals surface area contributed by atoms with E-state index in [9.17, 15) is 18.0 Å². The summed E-state index contributed by atoms with van der Waals surface area (Å²) in [7, 11) is 0. The predicted molar refractivity (Wildman–Crippen MR) is 77.9 cm³/mol. The highest BCUT2D eigenvalue weighted by atomic mass is 35.5. The van der Waals surface area contributed by atoms with Gasteiger partial charge in [0.25, 0.3) is 5.56 Å². The molecule has 0 atom stereocenters. The number of nitrogens with zero attached hydrogens (tertiary/aromatic N) is 3. The van der Waals surface area contributed by atoms with Crippen molar-refractivity contribution in [2.75, 3.05) is 0 Å². The molecule has 3 aromatic rings. The van der Waals surface area contributed by atoms with Gasteiger partial charge < -0.3 is 4.98 Å². The van der Waals surface area contributed by atoms with E-state index in [1.807, 2.05) is 0 Å². The fourth-order valence-electron chi connectivity index (χ4n) is 2.13. The number of hydrogen-bond donors (Lipinski definition) is 1. The summed E-state index contributed by atoms with van der Waals surface area (Å²) in [6.07, 6.45) is -2.14. The Balaban J connectivity index is 2.24. The third-order valence-electron chi connectivity index (χ3n) is 3.11. The highest BCUT2D eigenvalue weighted by Gasteiger charge is 2.34. The second-order valence-electron chi connectivity index (χ2n) is 4.64. The molecule has 0 radical (unpaired) electrons. The van der Waals surface area contributed by atoms with Gasteiger partial charge in [0.05, 0.1) is 22.7 Å². The van der Waals surface area contributed by atoms with Crippen LogP contribution in [0.3, 0.4) is 0 Å². The number of nitrogens with one attached hydrogen (secondary N) is 1. The molecule has 0 aromatic carbocycles. The summed E-state index contributed by atoms with van der Waals surface area (Å²) in [5.41, 5.74) is -1.38. The van der Waals surface area contributed by atoms with Crippen molar-refractivity contribution >= 4 is 22.6 Å². The van der Waals surface area contributed by atoms with Gasteiger partial charge in [0.1, 0.15) is 5.82 Å². The van der Waals surface area contributed by atoms with Crippen LogP contribution in [0.2, 0.25) is 0 Å². The minimum Gasteiger partial charge on any atom is -0.308 e. The number of pyridine rings is 2. The first-order chi connectivity index (χ1) is 10.9. The Hall–Kier alpha value is -2.48. The molecule has 0 saturated carbocycles. The number of rotatable bonds is 2. The van der Waals surface area contributed by atoms with Gasteiger partial charge in [-0.3, -0.25) is 9.78 Å². The van der Waals surface area contributed by atoms with Gasteiger partial charge in [0.2, 0.25) is 0 Å². The van der Waals surface area contributed by atoms with Crippen LogP contribution in [0.1, 0.15) is 11.4 Å². The van der Waals surface area contributed by atoms with E-state index in [0.717, 1.165) is 12.3 Å². The smallest absolute Gasteiger partial charge is 0.308 e. The maximum absolute atomic E-state index is 13.1. The molecule has 118 valence electrons. The van der Waals surface area contributed by atoms with Gasteiger partial charge >= 0.3 is 6.18 Å². The minimum atomic E-state index is -4.55. The van der Waals surface area contributed by atoms with Gasteiger partial charge in [-0.05, 0) is 18.2 Å². The molecular weight excluding hydrogens is 333 g/mol. The monoisotopic (exact) mass is 340 g/mol. The fourth-order valence-corrected chi connectivity index (χ4v) is 2.26. The van der Waals surface area contributed by atoms with Crippen LogP contribution in [0.25, 0.3) is 22.3 Å². The first-order valence-corrected chi connectivity index (χ1v) is 6.91. The normalized spacial score (nSPS) is 11.8. The topological polar surface area (TPSA) is 71.5 Å². The van der Waals surface area contributed by atoms with Crippen LogP contribution in [0.4, 0.5) is 13.2 Å². The van der Waals surface area contributed by atoms with Gasteiger partial charge in [-0.15, -0.1) is 11.6 Å². The van der Waals surface area contributed by atoms with Crippen LogP contribution in [0.15, 0.2) is 35.4 Å². The van der Waals surface area contributed by atoms with Crippen molar-refractivity contribution in [3.8, 4) is 11.3 Å². The molecule has 9 heteroatoms. The van der Waals surface area contributed by atoms with Crippen LogP contribution in [-0.4, -0.2) is 19.9 Å². The Morgan fingerprint density at radius 3 is 2.74 bits per heavy atom. The summed E-state index contributed by atoms with van der Waals surface area (Å²) >= 11 is 5.63. The molecule has 3 aromatic heterocycles. The van der Waals surface area contributed by atoms with E-state index in [2.05, 4.69) is 19.9 Å². The van der Waals surface area contributed by atoms with Crippen molar-refractivity contribution < 1.29 is 13.2 Å². The molecule has 0 saturated heterocycles. The maximum Gasteiger partial charge on any atom is 0.418 e. The van der Waals surface area contributed by atoms with Crippen molar-refractivity contribution in [1.29, 1.82) is 0 Å². The number of H-pyrrole nitrogens is 1. The van der Waals surface area contributed by atoms with E-state index in [-0.39, 0.29) is 34.0 Å². The quantitative estimate of drug-likeness (QED) is 0.727. The molecule has 0 unspecified atom stereocenters. The SMILES string of the molecule is O=c1[nH]c(CCl)nc2cc(-c3ncccc3C(F)(F)F)cnc12. The summed E-state index contributed by atoms with van der Waals surface area (Å²) in [5, 5.41) is 0. The zero-order valence-electron chi connectivity index (χ0n) is 11.4. The molecule has 3 heterocycles. The molecule has 0 bridgehead atoms. The molecule has 0 amide bonds. The third-order valence-corrected chi connectivity index (χ3v) is 3.36. The van der Waals surface area contributed by atoms with Gasteiger partial charge in [-0.25, -0.2) is 9.97 Å². The Morgan fingerprint density at radius 2 is 2.04 bits per heavy atom. The van der Waals surface area contributed by atoms with Crippen LogP contribution >= 0.6 is 11.6 Å². The summed E-state index contributed by atoms with van der Waals surface area (Å²) in [5.74, 6) is 0.174. The molecule has 5 nitrogen and oxygen atoms in total. The highest BCUT2D eigenvalue weighted by Crippen LogP contribution is 2.35. The minimum absolute atomic E-state index is 0.0205. The van der Waals surface area contributed by atoms with Crippen molar-refractivity contribution in [3.63, 3.8) is 0 Å². The van der Waals surface area contributed by atoms with Gasteiger partial charge in [0, 0.05) is 18.0 Å². The average molecular weight is 341 g/mol. The molecule has 0 aliphatic heterocycles. The highest BCUT2D eigenvalue weighted by molar-refractivity contribution is 6.16. The Morgan fingerprint density at radius 1 is 1.26 bits per heavy atom. The van der Waals surface area contributed by atoms with Crippen molar-refractivity contribution in [3.05, 3.63) is 52.3 Å². The third kappa shape index (κ3) is 2.89. The number of hydrogen-bond acceptors (Lipinski definition) is 4. The van der Waals surface area contributed by atoms with Crippen LogP contribution in [-0.2, 0) is 12.1 Å². The number of aromatic amines is 1. The first-order valence-electron chi connectivity index (χ1n) is 6.37. The second kappa shape index (κ2) is 5.62. The fraction of sp³-hybridized carbons (Fsp3) is 0.143. The van der Waals surface area contributed by atoms with Crippen molar-refractivity contribution in [1.82, 2.24) is 19.9 Å². The molecule has 0 aliphatic rings. The Bertz CT molecular complexity index is 939. The number of alkyl halides is 4. The van der Waals surface area contributed by atoms with E-state index in [1.165, 1.54) is 18.3 Å². The Labute approximate surface area is 132 Å². The Kier molecular flexibility index (Phi) is 3.77. The number of fused-ring (bicyclic) bond motifs is 1. The molecule has 3 rings (SSSR count). The van der Waals surface area contributed by atoms with Gasteiger partial charge in [-0.2, -0.15) is 13.2 Å². The summed E-state index contributed by atoms with van der Waals surface area (Å²) in [6, 6.07) is 3.47. The lowest BCUT2D eigenvalue weighted by Gasteiger charge is -2.11. The standard InChI is InChI=1S/C14H8ClF3N4O/c15-5-10-21-9-4-7(6-20-12(9)13(23)22-10)11-8(14(16,17)18)2-1-3-19-11/h1-4,6H,5H2,(H,21,22,23). The molecule has 0 fully saturated rings.